The van der Waals surface area contributed by atoms with Crippen LogP contribution in [0.1, 0.15) is 19.3 Å². The zero-order valence-corrected chi connectivity index (χ0v) is 14.8. The summed E-state index contributed by atoms with van der Waals surface area (Å²) in [4.78, 5) is 27.6. The minimum absolute atomic E-state index is 0.0871. The van der Waals surface area contributed by atoms with E-state index < -0.39 is 11.6 Å². The minimum atomic E-state index is -0.739. The van der Waals surface area contributed by atoms with Crippen LogP contribution in [-0.4, -0.2) is 57.1 Å². The van der Waals surface area contributed by atoms with Crippen molar-refractivity contribution in [1.82, 2.24) is 30.2 Å². The van der Waals surface area contributed by atoms with Crippen molar-refractivity contribution < 1.29 is 9.59 Å². The monoisotopic (exact) mass is 357 g/mol. The Labute approximate surface area is 151 Å². The standard InChI is InChI=1S/C17H23N7O2/c1-22-12-13(11-20-22)23-10-3-14(15(23)25)21-16(26)17(4-7-18-8-5-17)24-9-2-6-19-24/h2,6,9,11-12,14,18H,3-5,7-8,10H2,1H3,(H,21,26). The van der Waals surface area contributed by atoms with Gasteiger partial charge in [0.1, 0.15) is 11.6 Å². The van der Waals surface area contributed by atoms with Crippen LogP contribution in [0.25, 0.3) is 0 Å². The number of piperidine rings is 1. The van der Waals surface area contributed by atoms with E-state index in [2.05, 4.69) is 20.8 Å². The fourth-order valence-electron chi connectivity index (χ4n) is 3.83. The molecule has 0 aliphatic carbocycles. The van der Waals surface area contributed by atoms with Crippen LogP contribution in [0.15, 0.2) is 30.9 Å². The van der Waals surface area contributed by atoms with Gasteiger partial charge in [0.2, 0.25) is 11.8 Å². The fourth-order valence-corrected chi connectivity index (χ4v) is 3.83. The predicted molar refractivity (Wildman–Crippen MR) is 94.4 cm³/mol. The Bertz CT molecular complexity index is 792. The van der Waals surface area contributed by atoms with Crippen LogP contribution in [0.3, 0.4) is 0 Å². The van der Waals surface area contributed by atoms with Crippen LogP contribution in [0.4, 0.5) is 5.69 Å². The molecule has 2 fully saturated rings. The van der Waals surface area contributed by atoms with Crippen LogP contribution < -0.4 is 15.5 Å². The molecule has 0 radical (unpaired) electrons. The second-order valence-electron chi connectivity index (χ2n) is 6.91. The first-order valence-electron chi connectivity index (χ1n) is 8.92. The molecule has 2 aromatic heterocycles. The van der Waals surface area contributed by atoms with E-state index in [-0.39, 0.29) is 11.8 Å². The van der Waals surface area contributed by atoms with Gasteiger partial charge in [-0.3, -0.25) is 19.0 Å². The van der Waals surface area contributed by atoms with Crippen molar-refractivity contribution in [1.29, 1.82) is 0 Å². The molecule has 0 bridgehead atoms. The van der Waals surface area contributed by atoms with Gasteiger partial charge in [-0.05, 0) is 38.4 Å². The summed E-state index contributed by atoms with van der Waals surface area (Å²) in [6.45, 7) is 2.06. The zero-order chi connectivity index (χ0) is 18.1. The Morgan fingerprint density at radius 2 is 2.15 bits per heavy atom. The van der Waals surface area contributed by atoms with Gasteiger partial charge in [0, 0.05) is 32.2 Å². The lowest BCUT2D eigenvalue weighted by molar-refractivity contribution is -0.135. The molecule has 2 aliphatic heterocycles. The molecule has 9 heteroatoms. The van der Waals surface area contributed by atoms with E-state index in [4.69, 9.17) is 0 Å². The van der Waals surface area contributed by atoms with E-state index in [1.54, 1.807) is 32.9 Å². The van der Waals surface area contributed by atoms with Gasteiger partial charge in [0.15, 0.2) is 0 Å². The number of anilines is 1. The van der Waals surface area contributed by atoms with E-state index in [0.29, 0.717) is 25.8 Å². The molecule has 4 rings (SSSR count). The summed E-state index contributed by atoms with van der Waals surface area (Å²) in [5, 5.41) is 14.7. The van der Waals surface area contributed by atoms with Crippen LogP contribution in [0.2, 0.25) is 0 Å². The SMILES string of the molecule is Cn1cc(N2CCC(NC(=O)C3(n4cccn4)CCNCC3)C2=O)cn1. The largest absolute Gasteiger partial charge is 0.342 e. The van der Waals surface area contributed by atoms with E-state index in [9.17, 15) is 9.59 Å². The van der Waals surface area contributed by atoms with Crippen molar-refractivity contribution in [3.05, 3.63) is 30.9 Å². The van der Waals surface area contributed by atoms with E-state index in [1.807, 2.05) is 19.3 Å². The number of nitrogens with zero attached hydrogens (tertiary/aromatic N) is 5. The number of carbonyl (C=O) groups excluding carboxylic acids is 2. The number of carbonyl (C=O) groups is 2. The predicted octanol–water partition coefficient (Wildman–Crippen LogP) is -0.383. The zero-order valence-electron chi connectivity index (χ0n) is 14.8. The molecule has 1 unspecified atom stereocenters. The van der Waals surface area contributed by atoms with Crippen molar-refractivity contribution >= 4 is 17.5 Å². The van der Waals surface area contributed by atoms with Crippen LogP contribution in [0.5, 0.6) is 0 Å². The molecular formula is C17H23N7O2. The third-order valence-electron chi connectivity index (χ3n) is 5.31. The number of aromatic nitrogens is 4. The van der Waals surface area contributed by atoms with Crippen molar-refractivity contribution in [3.8, 4) is 0 Å². The molecule has 2 aromatic rings. The Kier molecular flexibility index (Phi) is 4.23. The molecule has 0 aromatic carbocycles. The van der Waals surface area contributed by atoms with Gasteiger partial charge in [0.25, 0.3) is 0 Å². The summed E-state index contributed by atoms with van der Waals surface area (Å²) < 4.78 is 3.40. The lowest BCUT2D eigenvalue weighted by atomic mass is 9.87. The number of hydrogen-bond donors (Lipinski definition) is 2. The van der Waals surface area contributed by atoms with Gasteiger partial charge in [-0.1, -0.05) is 0 Å². The molecule has 0 spiro atoms. The Morgan fingerprint density at radius 3 is 2.81 bits per heavy atom. The summed E-state index contributed by atoms with van der Waals surface area (Å²) in [7, 11) is 1.81. The normalized spacial score (nSPS) is 22.6. The smallest absolute Gasteiger partial charge is 0.249 e. The molecule has 2 amide bonds. The lowest BCUT2D eigenvalue weighted by Crippen LogP contribution is -2.57. The maximum absolute atomic E-state index is 13.2. The molecule has 1 atom stereocenters. The average molecular weight is 357 g/mol. The van der Waals surface area contributed by atoms with Crippen LogP contribution in [-0.2, 0) is 22.2 Å². The van der Waals surface area contributed by atoms with E-state index >= 15 is 0 Å². The molecule has 0 saturated carbocycles. The Morgan fingerprint density at radius 1 is 1.35 bits per heavy atom. The van der Waals surface area contributed by atoms with Gasteiger partial charge in [-0.15, -0.1) is 0 Å². The number of rotatable bonds is 4. The summed E-state index contributed by atoms with van der Waals surface area (Å²) >= 11 is 0. The summed E-state index contributed by atoms with van der Waals surface area (Å²) in [6, 6.07) is 1.31. The van der Waals surface area contributed by atoms with Crippen molar-refractivity contribution in [2.45, 2.75) is 30.8 Å². The van der Waals surface area contributed by atoms with Gasteiger partial charge in [0.05, 0.1) is 11.9 Å². The molecule has 26 heavy (non-hydrogen) atoms. The highest BCUT2D eigenvalue weighted by Gasteiger charge is 2.44. The molecule has 138 valence electrons. The molecule has 2 N–H and O–H groups in total. The molecule has 2 saturated heterocycles. The summed E-state index contributed by atoms with van der Waals surface area (Å²) in [5.41, 5.74) is 0.0226. The molecule has 4 heterocycles. The third-order valence-corrected chi connectivity index (χ3v) is 5.31. The molecular weight excluding hydrogens is 334 g/mol. The van der Waals surface area contributed by atoms with E-state index in [1.165, 1.54) is 0 Å². The topological polar surface area (TPSA) is 97.1 Å². The highest BCUT2D eigenvalue weighted by molar-refractivity contribution is 6.01. The first-order valence-corrected chi connectivity index (χ1v) is 8.92. The van der Waals surface area contributed by atoms with E-state index in [0.717, 1.165) is 18.8 Å². The van der Waals surface area contributed by atoms with Gasteiger partial charge >= 0.3 is 0 Å². The molecule has 2 aliphatic rings. The van der Waals surface area contributed by atoms with Gasteiger partial charge in [-0.25, -0.2) is 0 Å². The van der Waals surface area contributed by atoms with Crippen molar-refractivity contribution in [2.75, 3.05) is 24.5 Å². The van der Waals surface area contributed by atoms with Crippen LogP contribution in [0, 0.1) is 0 Å². The Balaban J connectivity index is 1.51. The average Bonchev–Trinajstić information content (AvgIpc) is 3.39. The maximum atomic E-state index is 13.2. The second-order valence-corrected chi connectivity index (χ2v) is 6.91. The lowest BCUT2D eigenvalue weighted by Gasteiger charge is -2.37. The van der Waals surface area contributed by atoms with Crippen molar-refractivity contribution in [3.63, 3.8) is 0 Å². The molecule has 9 nitrogen and oxygen atoms in total. The first-order chi connectivity index (χ1) is 12.6. The highest BCUT2D eigenvalue weighted by Crippen LogP contribution is 2.28. The number of nitrogens with one attached hydrogen (secondary N) is 2. The summed E-state index contributed by atoms with van der Waals surface area (Å²) in [6.07, 6.45) is 8.86. The third kappa shape index (κ3) is 2.78. The number of amides is 2. The second kappa shape index (κ2) is 6.56. The number of aryl methyl sites for hydroxylation is 1. The highest BCUT2D eigenvalue weighted by atomic mass is 16.2. The Hall–Kier alpha value is -2.68. The number of hydrogen-bond acceptors (Lipinski definition) is 5. The van der Waals surface area contributed by atoms with Crippen molar-refractivity contribution in [2.24, 2.45) is 7.05 Å². The van der Waals surface area contributed by atoms with Gasteiger partial charge < -0.3 is 15.5 Å². The van der Waals surface area contributed by atoms with Gasteiger partial charge in [-0.2, -0.15) is 10.2 Å². The summed E-state index contributed by atoms with van der Waals surface area (Å²) in [5.74, 6) is -0.218. The van der Waals surface area contributed by atoms with Crippen LogP contribution >= 0.6 is 0 Å². The quantitative estimate of drug-likeness (QED) is 0.777. The fraction of sp³-hybridized carbons (Fsp3) is 0.529. The maximum Gasteiger partial charge on any atom is 0.249 e. The first kappa shape index (κ1) is 16.8. The minimum Gasteiger partial charge on any atom is -0.342 e.